The van der Waals surface area contributed by atoms with Gasteiger partial charge in [-0.2, -0.15) is 0 Å². The zero-order chi connectivity index (χ0) is 21.8. The van der Waals surface area contributed by atoms with Gasteiger partial charge in [-0.25, -0.2) is 9.97 Å². The molecular weight excluding hydrogens is 428 g/mol. The summed E-state index contributed by atoms with van der Waals surface area (Å²) in [7, 11) is 0. The average molecular weight is 451 g/mol. The van der Waals surface area contributed by atoms with Crippen LogP contribution < -0.4 is 10.2 Å². The first-order valence-electron chi connectivity index (χ1n) is 9.90. The number of carbonyl (C=O) groups excluding carboxylic acids is 2. The molecule has 0 spiro atoms. The Morgan fingerprint density at radius 2 is 1.81 bits per heavy atom. The quantitative estimate of drug-likeness (QED) is 0.548. The van der Waals surface area contributed by atoms with E-state index in [9.17, 15) is 9.59 Å². The van der Waals surface area contributed by atoms with E-state index in [4.69, 9.17) is 0 Å². The number of benzene rings is 2. The first-order valence-corrected chi connectivity index (χ1v) is 11.7. The van der Waals surface area contributed by atoms with Gasteiger partial charge in [-0.15, -0.1) is 11.8 Å². The van der Waals surface area contributed by atoms with Crippen molar-refractivity contribution in [3.05, 3.63) is 66.0 Å². The zero-order valence-corrected chi connectivity index (χ0v) is 18.9. The summed E-state index contributed by atoms with van der Waals surface area (Å²) in [5, 5.41) is 3.61. The van der Waals surface area contributed by atoms with Gasteiger partial charge in [0, 0.05) is 39.8 Å². The third kappa shape index (κ3) is 5.45. The van der Waals surface area contributed by atoms with Crippen LogP contribution >= 0.6 is 23.5 Å². The van der Waals surface area contributed by atoms with Crippen molar-refractivity contribution in [1.82, 2.24) is 9.97 Å². The fourth-order valence-electron chi connectivity index (χ4n) is 3.29. The van der Waals surface area contributed by atoms with Crippen LogP contribution in [-0.2, 0) is 9.59 Å². The van der Waals surface area contributed by atoms with Crippen molar-refractivity contribution in [2.45, 2.75) is 35.2 Å². The Balaban J connectivity index is 1.33. The van der Waals surface area contributed by atoms with Crippen molar-refractivity contribution in [3.63, 3.8) is 0 Å². The van der Waals surface area contributed by atoms with Gasteiger partial charge in [-0.3, -0.25) is 9.59 Å². The minimum atomic E-state index is -0.124. The van der Waals surface area contributed by atoms with Gasteiger partial charge in [0.05, 0.1) is 11.4 Å². The lowest BCUT2D eigenvalue weighted by Gasteiger charge is -2.28. The summed E-state index contributed by atoms with van der Waals surface area (Å²) in [5.41, 5.74) is 3.47. The Labute approximate surface area is 189 Å². The topological polar surface area (TPSA) is 75.2 Å². The molecule has 2 aromatic carbocycles. The van der Waals surface area contributed by atoms with Crippen LogP contribution in [0, 0.1) is 13.8 Å². The summed E-state index contributed by atoms with van der Waals surface area (Å²) in [6.45, 7) is 4.26. The number of nitrogens with one attached hydrogen (secondary N) is 1. The summed E-state index contributed by atoms with van der Waals surface area (Å²) in [6.07, 6.45) is 0.234. The maximum Gasteiger partial charge on any atom is 0.237 e. The van der Waals surface area contributed by atoms with Gasteiger partial charge in [-0.1, -0.05) is 12.1 Å². The van der Waals surface area contributed by atoms with Crippen LogP contribution in [0.4, 0.5) is 11.4 Å². The smallest absolute Gasteiger partial charge is 0.237 e. The van der Waals surface area contributed by atoms with Gasteiger partial charge in [0.2, 0.25) is 11.8 Å². The Kier molecular flexibility index (Phi) is 6.58. The molecule has 0 unspecified atom stereocenters. The summed E-state index contributed by atoms with van der Waals surface area (Å²) in [4.78, 5) is 37.4. The van der Waals surface area contributed by atoms with E-state index >= 15 is 0 Å². The number of amides is 2. The SMILES string of the molecule is Cc1cc(C)nc(Sc2ccc(NC(=O)CCN3C(=O)CSc4ccccc43)cc2)n1. The number of thioether (sulfide) groups is 1. The van der Waals surface area contributed by atoms with Crippen LogP contribution in [0.1, 0.15) is 17.8 Å². The lowest BCUT2D eigenvalue weighted by Crippen LogP contribution is -2.37. The fraction of sp³-hybridized carbons (Fsp3) is 0.217. The number of hydrogen-bond donors (Lipinski definition) is 1. The zero-order valence-electron chi connectivity index (χ0n) is 17.3. The van der Waals surface area contributed by atoms with Gasteiger partial charge in [0.25, 0.3) is 0 Å². The molecular formula is C23H22N4O2S2. The Morgan fingerprint density at radius 3 is 2.55 bits per heavy atom. The van der Waals surface area contributed by atoms with Crippen molar-refractivity contribution in [2.75, 3.05) is 22.5 Å². The van der Waals surface area contributed by atoms with E-state index < -0.39 is 0 Å². The average Bonchev–Trinajstić information content (AvgIpc) is 2.74. The summed E-state index contributed by atoms with van der Waals surface area (Å²) < 4.78 is 0. The molecule has 8 heteroatoms. The number of fused-ring (bicyclic) bond motifs is 1. The third-order valence-electron chi connectivity index (χ3n) is 4.68. The Bertz CT molecular complexity index is 1100. The molecule has 2 amide bonds. The van der Waals surface area contributed by atoms with Crippen molar-refractivity contribution < 1.29 is 9.59 Å². The molecule has 1 aliphatic heterocycles. The maximum absolute atomic E-state index is 12.4. The van der Waals surface area contributed by atoms with Gasteiger partial charge in [0.15, 0.2) is 5.16 Å². The second-order valence-corrected chi connectivity index (χ2v) is 9.22. The third-order valence-corrected chi connectivity index (χ3v) is 6.60. The van der Waals surface area contributed by atoms with Crippen LogP contribution in [0.15, 0.2) is 69.5 Å². The normalized spacial score (nSPS) is 13.1. The second-order valence-electron chi connectivity index (χ2n) is 7.16. The highest BCUT2D eigenvalue weighted by molar-refractivity contribution is 8.00. The van der Waals surface area contributed by atoms with Crippen LogP contribution in [0.25, 0.3) is 0 Å². The largest absolute Gasteiger partial charge is 0.326 e. The molecule has 0 saturated carbocycles. The van der Waals surface area contributed by atoms with E-state index in [1.165, 1.54) is 23.5 Å². The molecule has 0 bridgehead atoms. The monoisotopic (exact) mass is 450 g/mol. The van der Waals surface area contributed by atoms with Gasteiger partial charge < -0.3 is 10.2 Å². The van der Waals surface area contributed by atoms with Crippen molar-refractivity contribution in [1.29, 1.82) is 0 Å². The van der Waals surface area contributed by atoms with Gasteiger partial charge in [-0.05, 0) is 68.1 Å². The molecule has 0 saturated heterocycles. The van der Waals surface area contributed by atoms with E-state index in [1.54, 1.807) is 4.90 Å². The number of aromatic nitrogens is 2. The molecule has 0 aliphatic carbocycles. The molecule has 2 heterocycles. The molecule has 1 aliphatic rings. The molecule has 1 aromatic heterocycles. The van der Waals surface area contributed by atoms with E-state index in [0.29, 0.717) is 17.5 Å². The maximum atomic E-state index is 12.4. The lowest BCUT2D eigenvalue weighted by atomic mass is 10.2. The predicted molar refractivity (Wildman–Crippen MR) is 125 cm³/mol. The lowest BCUT2D eigenvalue weighted by molar-refractivity contribution is -0.117. The molecule has 0 radical (unpaired) electrons. The van der Waals surface area contributed by atoms with Crippen LogP contribution in [0.3, 0.4) is 0 Å². The number of aryl methyl sites for hydroxylation is 2. The fourth-order valence-corrected chi connectivity index (χ4v) is 5.08. The number of rotatable bonds is 6. The molecule has 4 rings (SSSR count). The van der Waals surface area contributed by atoms with Gasteiger partial charge >= 0.3 is 0 Å². The first-order chi connectivity index (χ1) is 15.0. The molecule has 0 atom stereocenters. The van der Waals surface area contributed by atoms with E-state index in [2.05, 4.69) is 15.3 Å². The number of carbonyl (C=O) groups is 2. The molecule has 1 N–H and O–H groups in total. The van der Waals surface area contributed by atoms with Crippen molar-refractivity contribution in [3.8, 4) is 0 Å². The van der Waals surface area contributed by atoms with E-state index in [-0.39, 0.29) is 18.2 Å². The molecule has 6 nitrogen and oxygen atoms in total. The summed E-state index contributed by atoms with van der Waals surface area (Å²) in [5.74, 6) is 0.315. The highest BCUT2D eigenvalue weighted by atomic mass is 32.2. The molecule has 0 fully saturated rings. The molecule has 31 heavy (non-hydrogen) atoms. The van der Waals surface area contributed by atoms with E-state index in [0.717, 1.165) is 32.6 Å². The van der Waals surface area contributed by atoms with Crippen molar-refractivity contribution in [2.24, 2.45) is 0 Å². The van der Waals surface area contributed by atoms with Crippen LogP contribution in [0.2, 0.25) is 0 Å². The standard InChI is InChI=1S/C23H22N4O2S2/c1-15-13-16(2)25-23(24-15)31-18-9-7-17(8-10-18)26-21(28)11-12-27-19-5-3-4-6-20(19)30-14-22(27)29/h3-10,13H,11-12,14H2,1-2H3,(H,26,28). The number of hydrogen-bond acceptors (Lipinski definition) is 6. The Morgan fingerprint density at radius 1 is 1.10 bits per heavy atom. The summed E-state index contributed by atoms with van der Waals surface area (Å²) >= 11 is 3.02. The number of para-hydroxylation sites is 1. The van der Waals surface area contributed by atoms with Crippen LogP contribution in [0.5, 0.6) is 0 Å². The Hall–Kier alpha value is -2.84. The number of anilines is 2. The highest BCUT2D eigenvalue weighted by Gasteiger charge is 2.24. The predicted octanol–water partition coefficient (Wildman–Crippen LogP) is 4.71. The minimum absolute atomic E-state index is 0.0338. The molecule has 158 valence electrons. The second kappa shape index (κ2) is 9.53. The highest BCUT2D eigenvalue weighted by Crippen LogP contribution is 2.35. The van der Waals surface area contributed by atoms with E-state index in [1.807, 2.05) is 68.4 Å². The van der Waals surface area contributed by atoms with Crippen LogP contribution in [-0.4, -0.2) is 34.1 Å². The molecule has 3 aromatic rings. The van der Waals surface area contributed by atoms with Crippen molar-refractivity contribution >= 4 is 46.7 Å². The first kappa shape index (κ1) is 21.4. The summed E-state index contributed by atoms with van der Waals surface area (Å²) in [6, 6.07) is 17.3. The minimum Gasteiger partial charge on any atom is -0.326 e. The number of nitrogens with zero attached hydrogens (tertiary/aromatic N) is 3. The van der Waals surface area contributed by atoms with Gasteiger partial charge in [0.1, 0.15) is 0 Å².